The number of nitrogens with zero attached hydrogens (tertiary/aromatic N) is 1. The molecule has 1 saturated heterocycles. The minimum Gasteiger partial charge on any atom is -0.385 e. The summed E-state index contributed by atoms with van der Waals surface area (Å²) in [6.45, 7) is 0.288. The van der Waals surface area contributed by atoms with E-state index in [-0.39, 0.29) is 12.3 Å². The summed E-state index contributed by atoms with van der Waals surface area (Å²) in [7, 11) is 1.47. The van der Waals surface area contributed by atoms with Crippen LogP contribution in [0, 0.1) is 11.6 Å². The number of carbonyl (C=O) groups is 2. The van der Waals surface area contributed by atoms with E-state index in [1.165, 1.54) is 7.11 Å². The number of imide groups is 1. The minimum absolute atomic E-state index is 0.260. The molecule has 1 atom stereocenters. The number of anilines is 1. The van der Waals surface area contributed by atoms with Crippen LogP contribution in [-0.2, 0) is 9.53 Å². The molecule has 0 bridgehead atoms. The first-order valence-electron chi connectivity index (χ1n) is 5.63. The minimum atomic E-state index is -0.962. The van der Waals surface area contributed by atoms with Gasteiger partial charge in [0.1, 0.15) is 17.7 Å². The van der Waals surface area contributed by atoms with E-state index < -0.39 is 29.6 Å². The van der Waals surface area contributed by atoms with Crippen LogP contribution >= 0.6 is 0 Å². The first-order chi connectivity index (χ1) is 9.04. The van der Waals surface area contributed by atoms with Gasteiger partial charge in [-0.3, -0.25) is 4.79 Å². The van der Waals surface area contributed by atoms with Gasteiger partial charge >= 0.3 is 6.03 Å². The zero-order valence-corrected chi connectivity index (χ0v) is 10.2. The molecular weight excluding hydrogens is 258 g/mol. The van der Waals surface area contributed by atoms with E-state index in [0.717, 1.165) is 12.1 Å². The van der Waals surface area contributed by atoms with Crippen molar-refractivity contribution in [2.75, 3.05) is 18.6 Å². The van der Waals surface area contributed by atoms with E-state index in [4.69, 9.17) is 4.74 Å². The van der Waals surface area contributed by atoms with Crippen molar-refractivity contribution in [3.63, 3.8) is 0 Å². The maximum Gasteiger partial charge on any atom is 0.329 e. The molecule has 0 aromatic heterocycles. The number of hydrogen-bond donors (Lipinski definition) is 1. The number of hydrogen-bond acceptors (Lipinski definition) is 3. The zero-order chi connectivity index (χ0) is 14.0. The molecule has 1 aliphatic heterocycles. The van der Waals surface area contributed by atoms with E-state index >= 15 is 0 Å². The number of ether oxygens (including phenoxy) is 1. The maximum atomic E-state index is 13.6. The monoisotopic (exact) mass is 270 g/mol. The Labute approximate surface area is 108 Å². The average molecular weight is 270 g/mol. The van der Waals surface area contributed by atoms with Crippen LogP contribution in [-0.4, -0.2) is 31.7 Å². The number of benzene rings is 1. The molecule has 0 aliphatic carbocycles. The summed E-state index contributed by atoms with van der Waals surface area (Å²) in [5, 5.41) is 2.43. The lowest BCUT2D eigenvalue weighted by molar-refractivity contribution is -0.118. The fourth-order valence-electron chi connectivity index (χ4n) is 1.85. The lowest BCUT2D eigenvalue weighted by Crippen LogP contribution is -2.32. The molecule has 0 radical (unpaired) electrons. The molecule has 1 fully saturated rings. The van der Waals surface area contributed by atoms with Crippen molar-refractivity contribution in [2.45, 2.75) is 12.5 Å². The Bertz CT molecular complexity index is 522. The van der Waals surface area contributed by atoms with Gasteiger partial charge < -0.3 is 10.1 Å². The molecular formula is C12H12F2N2O3. The molecule has 1 aromatic carbocycles. The van der Waals surface area contributed by atoms with Crippen LogP contribution in [0.2, 0.25) is 0 Å². The molecule has 1 aliphatic rings. The Morgan fingerprint density at radius 1 is 1.37 bits per heavy atom. The van der Waals surface area contributed by atoms with E-state index in [1.807, 2.05) is 0 Å². The van der Waals surface area contributed by atoms with Crippen LogP contribution in [0.1, 0.15) is 6.42 Å². The molecule has 102 valence electrons. The van der Waals surface area contributed by atoms with Crippen LogP contribution in [0.5, 0.6) is 0 Å². The van der Waals surface area contributed by atoms with Crippen LogP contribution in [0.3, 0.4) is 0 Å². The van der Waals surface area contributed by atoms with Crippen molar-refractivity contribution in [1.29, 1.82) is 0 Å². The highest BCUT2D eigenvalue weighted by atomic mass is 19.1. The largest absolute Gasteiger partial charge is 0.385 e. The predicted octanol–water partition coefficient (Wildman–Crippen LogP) is 1.43. The number of halogens is 2. The number of rotatable bonds is 4. The lowest BCUT2D eigenvalue weighted by atomic mass is 10.2. The molecule has 7 heteroatoms. The quantitative estimate of drug-likeness (QED) is 0.842. The Kier molecular flexibility index (Phi) is 3.75. The molecule has 3 amide bonds. The number of carbonyl (C=O) groups excluding carboxylic acids is 2. The average Bonchev–Trinajstić information content (AvgIpc) is 2.63. The Hall–Kier alpha value is -2.02. The topological polar surface area (TPSA) is 58.6 Å². The van der Waals surface area contributed by atoms with E-state index in [2.05, 4.69) is 5.32 Å². The molecule has 1 N–H and O–H groups in total. The van der Waals surface area contributed by atoms with Crippen LogP contribution in [0.4, 0.5) is 19.3 Å². The SMILES string of the molecule is COCCC1NC(=O)N(c2ccc(F)cc2F)C1=O. The van der Waals surface area contributed by atoms with Gasteiger partial charge in [0, 0.05) is 26.2 Å². The van der Waals surface area contributed by atoms with Gasteiger partial charge in [-0.2, -0.15) is 0 Å². The summed E-state index contributed by atoms with van der Waals surface area (Å²) in [5.74, 6) is -2.31. The van der Waals surface area contributed by atoms with Crippen molar-refractivity contribution >= 4 is 17.6 Å². The summed E-state index contributed by atoms with van der Waals surface area (Å²) >= 11 is 0. The number of urea groups is 1. The third-order valence-electron chi connectivity index (χ3n) is 2.78. The van der Waals surface area contributed by atoms with Gasteiger partial charge in [-0.05, 0) is 12.1 Å². The molecule has 0 saturated carbocycles. The highest BCUT2D eigenvalue weighted by Gasteiger charge is 2.39. The second-order valence-corrected chi connectivity index (χ2v) is 4.05. The van der Waals surface area contributed by atoms with Crippen LogP contribution in [0.15, 0.2) is 18.2 Å². The van der Waals surface area contributed by atoms with Crippen molar-refractivity contribution in [2.24, 2.45) is 0 Å². The smallest absolute Gasteiger partial charge is 0.329 e. The predicted molar refractivity (Wildman–Crippen MR) is 62.7 cm³/mol. The van der Waals surface area contributed by atoms with E-state index in [1.54, 1.807) is 0 Å². The highest BCUT2D eigenvalue weighted by Crippen LogP contribution is 2.24. The Morgan fingerprint density at radius 2 is 2.11 bits per heavy atom. The normalized spacial score (nSPS) is 18.9. The second kappa shape index (κ2) is 5.31. The number of methoxy groups -OCH3 is 1. The molecule has 5 nitrogen and oxygen atoms in total. The van der Waals surface area contributed by atoms with E-state index in [9.17, 15) is 18.4 Å². The van der Waals surface area contributed by atoms with Gasteiger partial charge in [0.25, 0.3) is 5.91 Å². The van der Waals surface area contributed by atoms with Gasteiger partial charge in [0.15, 0.2) is 0 Å². The Balaban J connectivity index is 2.25. The fourth-order valence-corrected chi connectivity index (χ4v) is 1.85. The highest BCUT2D eigenvalue weighted by molar-refractivity contribution is 6.21. The van der Waals surface area contributed by atoms with E-state index in [0.29, 0.717) is 17.4 Å². The molecule has 1 unspecified atom stereocenters. The fraction of sp³-hybridized carbons (Fsp3) is 0.333. The molecule has 1 aromatic rings. The summed E-state index contributed by atoms with van der Waals surface area (Å²) in [6.07, 6.45) is 0.292. The third kappa shape index (κ3) is 2.55. The van der Waals surface area contributed by atoms with Crippen molar-refractivity contribution in [1.82, 2.24) is 5.32 Å². The zero-order valence-electron chi connectivity index (χ0n) is 10.2. The van der Waals surface area contributed by atoms with Crippen molar-refractivity contribution in [3.05, 3.63) is 29.8 Å². The van der Waals surface area contributed by atoms with Gasteiger partial charge in [0.05, 0.1) is 5.69 Å². The van der Waals surface area contributed by atoms with Gasteiger partial charge in [-0.15, -0.1) is 0 Å². The maximum absolute atomic E-state index is 13.6. The number of nitrogens with one attached hydrogen (secondary N) is 1. The lowest BCUT2D eigenvalue weighted by Gasteiger charge is -2.13. The van der Waals surface area contributed by atoms with Crippen molar-refractivity contribution < 1.29 is 23.1 Å². The number of amides is 3. The first kappa shape index (κ1) is 13.4. The molecule has 19 heavy (non-hydrogen) atoms. The molecule has 2 rings (SSSR count). The standard InChI is InChI=1S/C12H12F2N2O3/c1-19-5-4-9-11(17)16(12(18)15-9)10-3-2-7(13)6-8(10)14/h2-3,6,9H,4-5H2,1H3,(H,15,18). The summed E-state index contributed by atoms with van der Waals surface area (Å²) in [4.78, 5) is 24.4. The van der Waals surface area contributed by atoms with Crippen LogP contribution < -0.4 is 10.2 Å². The van der Waals surface area contributed by atoms with Crippen LogP contribution in [0.25, 0.3) is 0 Å². The summed E-state index contributed by atoms with van der Waals surface area (Å²) < 4.78 is 31.2. The van der Waals surface area contributed by atoms with Gasteiger partial charge in [0.2, 0.25) is 0 Å². The Morgan fingerprint density at radius 3 is 2.74 bits per heavy atom. The summed E-state index contributed by atoms with van der Waals surface area (Å²) in [5.41, 5.74) is -0.260. The summed E-state index contributed by atoms with van der Waals surface area (Å²) in [6, 6.07) is 1.19. The first-order valence-corrected chi connectivity index (χ1v) is 5.63. The van der Waals surface area contributed by atoms with Crippen molar-refractivity contribution in [3.8, 4) is 0 Å². The van der Waals surface area contributed by atoms with Gasteiger partial charge in [-0.25, -0.2) is 18.5 Å². The molecule has 1 heterocycles. The van der Waals surface area contributed by atoms with Gasteiger partial charge in [-0.1, -0.05) is 0 Å². The third-order valence-corrected chi connectivity index (χ3v) is 2.78. The second-order valence-electron chi connectivity index (χ2n) is 4.05. The molecule has 0 spiro atoms.